The normalized spacial score (nSPS) is 31.3. The first-order valence-electron chi connectivity index (χ1n) is 9.83. The zero-order valence-electron chi connectivity index (χ0n) is 15.1. The average Bonchev–Trinajstić information content (AvgIpc) is 2.62. The minimum atomic E-state index is -0.0752. The van der Waals surface area contributed by atoms with Gasteiger partial charge >= 0.3 is 6.03 Å². The Morgan fingerprint density at radius 3 is 2.69 bits per heavy atom. The number of carbonyl (C=O) groups excluding carboxylic acids is 2. The predicted molar refractivity (Wildman–Crippen MR) is 102 cm³/mol. The number of hydrogen-bond donors (Lipinski definition) is 3. The zero-order valence-corrected chi connectivity index (χ0v) is 15.1. The van der Waals surface area contributed by atoms with E-state index in [9.17, 15) is 9.59 Å². The molecule has 2 bridgehead atoms. The Labute approximate surface area is 154 Å². The molecule has 4 N–H and O–H groups in total. The third-order valence-corrected chi connectivity index (χ3v) is 6.29. The van der Waals surface area contributed by atoms with Crippen LogP contribution in [0.5, 0.6) is 0 Å². The van der Waals surface area contributed by atoms with Crippen molar-refractivity contribution in [2.24, 2.45) is 23.5 Å². The maximum atomic E-state index is 12.8. The molecule has 3 amide bonds. The first-order chi connectivity index (χ1) is 12.6. The SMILES string of the molecule is NC1C2CCCC1CC(C(=O)Nc1cccc(N3CCCNC3=O)c1)C2. The van der Waals surface area contributed by atoms with E-state index < -0.39 is 0 Å². The molecule has 0 radical (unpaired) electrons. The van der Waals surface area contributed by atoms with Crippen LogP contribution < -0.4 is 21.3 Å². The van der Waals surface area contributed by atoms with E-state index in [2.05, 4.69) is 10.6 Å². The summed E-state index contributed by atoms with van der Waals surface area (Å²) in [6, 6.07) is 7.77. The van der Waals surface area contributed by atoms with Gasteiger partial charge in [0, 0.05) is 36.4 Å². The third-order valence-electron chi connectivity index (χ3n) is 6.29. The number of fused-ring (bicyclic) bond motifs is 2. The molecule has 1 aliphatic heterocycles. The lowest BCUT2D eigenvalue weighted by molar-refractivity contribution is -0.122. The van der Waals surface area contributed by atoms with E-state index in [-0.39, 0.29) is 23.9 Å². The number of urea groups is 1. The van der Waals surface area contributed by atoms with Gasteiger partial charge in [-0.1, -0.05) is 12.5 Å². The van der Waals surface area contributed by atoms with Crippen LogP contribution in [0.3, 0.4) is 0 Å². The summed E-state index contributed by atoms with van der Waals surface area (Å²) in [7, 11) is 0. The monoisotopic (exact) mass is 356 g/mol. The van der Waals surface area contributed by atoms with Gasteiger partial charge in [0.15, 0.2) is 0 Å². The van der Waals surface area contributed by atoms with E-state index in [0.29, 0.717) is 18.4 Å². The highest BCUT2D eigenvalue weighted by atomic mass is 16.2. The van der Waals surface area contributed by atoms with Gasteiger partial charge in [-0.25, -0.2) is 4.79 Å². The van der Waals surface area contributed by atoms with Crippen LogP contribution in [-0.2, 0) is 4.79 Å². The van der Waals surface area contributed by atoms with Gasteiger partial charge in [-0.2, -0.15) is 0 Å². The second kappa shape index (κ2) is 7.27. The van der Waals surface area contributed by atoms with Gasteiger partial charge in [0.2, 0.25) is 5.91 Å². The summed E-state index contributed by atoms with van der Waals surface area (Å²) in [6.07, 6.45) is 6.28. The van der Waals surface area contributed by atoms with E-state index in [0.717, 1.165) is 50.0 Å². The van der Waals surface area contributed by atoms with E-state index in [1.807, 2.05) is 24.3 Å². The predicted octanol–water partition coefficient (Wildman–Crippen LogP) is 2.70. The topological polar surface area (TPSA) is 87.5 Å². The fourth-order valence-electron chi connectivity index (χ4n) is 4.87. The molecule has 2 saturated carbocycles. The van der Waals surface area contributed by atoms with E-state index >= 15 is 0 Å². The van der Waals surface area contributed by atoms with Gasteiger partial charge in [0.1, 0.15) is 0 Å². The minimum absolute atomic E-state index is 0.0482. The quantitative estimate of drug-likeness (QED) is 0.778. The van der Waals surface area contributed by atoms with Crippen molar-refractivity contribution in [2.75, 3.05) is 23.3 Å². The van der Waals surface area contributed by atoms with Crippen molar-refractivity contribution in [1.82, 2.24) is 5.32 Å². The number of carbonyl (C=O) groups is 2. The molecule has 1 heterocycles. The van der Waals surface area contributed by atoms with Crippen LogP contribution in [0.15, 0.2) is 24.3 Å². The van der Waals surface area contributed by atoms with E-state index in [1.54, 1.807) is 4.90 Å². The zero-order chi connectivity index (χ0) is 18.1. The standard InChI is InChI=1S/C20H28N4O2/c21-18-13-4-1-5-14(18)11-15(10-13)19(25)23-16-6-2-7-17(12-16)24-9-3-8-22-20(24)26/h2,6-7,12-15,18H,1,3-5,8-11,21H2,(H,22,26)(H,23,25). The third kappa shape index (κ3) is 3.43. The maximum Gasteiger partial charge on any atom is 0.321 e. The highest BCUT2D eigenvalue weighted by Crippen LogP contribution is 2.42. The second-order valence-electron chi connectivity index (χ2n) is 7.97. The number of anilines is 2. The molecule has 26 heavy (non-hydrogen) atoms. The van der Waals surface area contributed by atoms with Gasteiger partial charge in [-0.05, 0) is 62.1 Å². The Bertz CT molecular complexity index is 678. The van der Waals surface area contributed by atoms with Crippen molar-refractivity contribution in [1.29, 1.82) is 0 Å². The molecule has 1 saturated heterocycles. The average molecular weight is 356 g/mol. The number of amides is 3. The van der Waals surface area contributed by atoms with Crippen LogP contribution in [-0.4, -0.2) is 31.1 Å². The fourth-order valence-corrected chi connectivity index (χ4v) is 4.87. The van der Waals surface area contributed by atoms with Crippen molar-refractivity contribution in [3.63, 3.8) is 0 Å². The van der Waals surface area contributed by atoms with Crippen molar-refractivity contribution in [3.05, 3.63) is 24.3 Å². The van der Waals surface area contributed by atoms with Crippen LogP contribution in [0.4, 0.5) is 16.2 Å². The van der Waals surface area contributed by atoms with Crippen molar-refractivity contribution in [2.45, 2.75) is 44.6 Å². The van der Waals surface area contributed by atoms with E-state index in [1.165, 1.54) is 6.42 Å². The Morgan fingerprint density at radius 2 is 1.96 bits per heavy atom. The molecule has 6 nitrogen and oxygen atoms in total. The summed E-state index contributed by atoms with van der Waals surface area (Å²) in [5, 5.41) is 5.93. The van der Waals surface area contributed by atoms with Crippen LogP contribution in [0.25, 0.3) is 0 Å². The first-order valence-corrected chi connectivity index (χ1v) is 9.83. The summed E-state index contributed by atoms with van der Waals surface area (Å²) in [4.78, 5) is 26.6. The minimum Gasteiger partial charge on any atom is -0.338 e. The van der Waals surface area contributed by atoms with Crippen molar-refractivity contribution in [3.8, 4) is 0 Å². The Balaban J connectivity index is 1.43. The molecule has 3 aliphatic rings. The molecule has 2 unspecified atom stereocenters. The molecular formula is C20H28N4O2. The van der Waals surface area contributed by atoms with Gasteiger partial charge in [-0.15, -0.1) is 0 Å². The number of nitrogens with zero attached hydrogens (tertiary/aromatic N) is 1. The molecule has 6 heteroatoms. The summed E-state index contributed by atoms with van der Waals surface area (Å²) >= 11 is 0. The molecule has 1 aromatic rings. The number of hydrogen-bond acceptors (Lipinski definition) is 3. The lowest BCUT2D eigenvalue weighted by atomic mass is 9.65. The van der Waals surface area contributed by atoms with Gasteiger partial charge in [0.25, 0.3) is 0 Å². The summed E-state index contributed by atoms with van der Waals surface area (Å²) in [5.41, 5.74) is 7.92. The molecule has 2 aliphatic carbocycles. The highest BCUT2D eigenvalue weighted by Gasteiger charge is 2.40. The van der Waals surface area contributed by atoms with Crippen LogP contribution in [0.1, 0.15) is 38.5 Å². The number of nitrogens with one attached hydrogen (secondary N) is 2. The Morgan fingerprint density at radius 1 is 1.19 bits per heavy atom. The van der Waals surface area contributed by atoms with E-state index in [4.69, 9.17) is 5.73 Å². The fraction of sp³-hybridized carbons (Fsp3) is 0.600. The molecule has 140 valence electrons. The van der Waals surface area contributed by atoms with Gasteiger partial charge in [0.05, 0.1) is 0 Å². The van der Waals surface area contributed by atoms with Crippen LogP contribution >= 0.6 is 0 Å². The maximum absolute atomic E-state index is 12.8. The number of nitrogens with two attached hydrogens (primary N) is 1. The van der Waals surface area contributed by atoms with Gasteiger partial charge < -0.3 is 16.4 Å². The molecule has 0 spiro atoms. The molecule has 1 aromatic carbocycles. The Kier molecular flexibility index (Phi) is 4.85. The summed E-state index contributed by atoms with van der Waals surface area (Å²) < 4.78 is 0. The Hall–Kier alpha value is -2.08. The lowest BCUT2D eigenvalue weighted by Crippen LogP contribution is -2.48. The summed E-state index contributed by atoms with van der Waals surface area (Å²) in [6.45, 7) is 1.42. The smallest absolute Gasteiger partial charge is 0.321 e. The lowest BCUT2D eigenvalue weighted by Gasteiger charge is -2.43. The molecule has 0 aromatic heterocycles. The molecule has 3 fully saturated rings. The van der Waals surface area contributed by atoms with Crippen LogP contribution in [0, 0.1) is 17.8 Å². The largest absolute Gasteiger partial charge is 0.338 e. The molecule has 2 atom stereocenters. The number of benzene rings is 1. The summed E-state index contributed by atoms with van der Waals surface area (Å²) in [5.74, 6) is 1.12. The van der Waals surface area contributed by atoms with Crippen LogP contribution in [0.2, 0.25) is 0 Å². The second-order valence-corrected chi connectivity index (χ2v) is 7.97. The molecular weight excluding hydrogens is 328 g/mol. The highest BCUT2D eigenvalue weighted by molar-refractivity contribution is 5.96. The molecule has 4 rings (SSSR count). The number of rotatable bonds is 3. The first kappa shape index (κ1) is 17.3. The van der Waals surface area contributed by atoms with Crippen molar-refractivity contribution >= 4 is 23.3 Å². The van der Waals surface area contributed by atoms with Crippen molar-refractivity contribution < 1.29 is 9.59 Å². The van der Waals surface area contributed by atoms with Gasteiger partial charge in [-0.3, -0.25) is 9.69 Å².